The van der Waals surface area contributed by atoms with Crippen molar-refractivity contribution in [3.63, 3.8) is 0 Å². The van der Waals surface area contributed by atoms with Gasteiger partial charge in [0.1, 0.15) is 0 Å². The number of nitrogens with one attached hydrogen (secondary N) is 1. The summed E-state index contributed by atoms with van der Waals surface area (Å²) >= 11 is 6.29. The van der Waals surface area contributed by atoms with E-state index in [1.165, 1.54) is 24.8 Å². The first-order valence-electron chi connectivity index (χ1n) is 15.4. The molecule has 41 heavy (non-hydrogen) atoms. The van der Waals surface area contributed by atoms with Crippen molar-refractivity contribution >= 4 is 29.5 Å². The highest BCUT2D eigenvalue weighted by molar-refractivity contribution is 6.33. The van der Waals surface area contributed by atoms with E-state index in [0.717, 1.165) is 75.6 Å². The zero-order chi connectivity index (χ0) is 28.6. The van der Waals surface area contributed by atoms with Gasteiger partial charge in [0.2, 0.25) is 0 Å². The van der Waals surface area contributed by atoms with E-state index in [0.29, 0.717) is 34.2 Å². The molecule has 1 atom stereocenters. The molecule has 3 amide bonds. The van der Waals surface area contributed by atoms with Gasteiger partial charge in [0.15, 0.2) is 0 Å². The zero-order valence-corrected chi connectivity index (χ0v) is 24.5. The van der Waals surface area contributed by atoms with Gasteiger partial charge in [0.25, 0.3) is 5.91 Å². The lowest BCUT2D eigenvalue weighted by atomic mass is 9.69. The third-order valence-electron chi connectivity index (χ3n) is 10.7. The van der Waals surface area contributed by atoms with Crippen molar-refractivity contribution in [2.75, 3.05) is 26.2 Å². The lowest BCUT2D eigenvalue weighted by molar-refractivity contribution is -0.883. The van der Waals surface area contributed by atoms with Crippen molar-refractivity contribution in [2.45, 2.75) is 82.7 Å². The molecule has 2 aliphatic carbocycles. The smallest absolute Gasteiger partial charge is 0.407 e. The lowest BCUT2D eigenvalue weighted by Gasteiger charge is -2.52. The fraction of sp³-hybridized carbons (Fsp3) is 0.545. The van der Waals surface area contributed by atoms with E-state index < -0.39 is 6.09 Å². The Morgan fingerprint density at radius 2 is 1.63 bits per heavy atom. The maximum atomic E-state index is 14.6. The summed E-state index contributed by atoms with van der Waals surface area (Å²) in [6, 6.07) is 13.4. The maximum absolute atomic E-state index is 14.6. The highest BCUT2D eigenvalue weighted by Crippen LogP contribution is 2.46. The number of quaternary nitrogens is 1. The van der Waals surface area contributed by atoms with Crippen LogP contribution in [0.1, 0.15) is 102 Å². The van der Waals surface area contributed by atoms with Gasteiger partial charge < -0.3 is 15.3 Å². The molecule has 7 nitrogen and oxygen atoms in total. The predicted octanol–water partition coefficient (Wildman–Crippen LogP) is 6.60. The summed E-state index contributed by atoms with van der Waals surface area (Å²) in [5.74, 6) is 0.0340. The summed E-state index contributed by atoms with van der Waals surface area (Å²) in [6.07, 6.45) is 10.4. The number of rotatable bonds is 4. The van der Waals surface area contributed by atoms with E-state index in [1.807, 2.05) is 18.2 Å². The van der Waals surface area contributed by atoms with E-state index in [1.54, 1.807) is 17.0 Å². The first kappa shape index (κ1) is 28.2. The van der Waals surface area contributed by atoms with Crippen molar-refractivity contribution in [1.29, 1.82) is 0 Å². The Labute approximate surface area is 247 Å². The molecule has 2 aromatic carbocycles. The summed E-state index contributed by atoms with van der Waals surface area (Å²) in [5.41, 5.74) is 3.61. The van der Waals surface area contributed by atoms with Crippen molar-refractivity contribution in [3.05, 3.63) is 69.7 Å². The molecule has 2 aromatic rings. The van der Waals surface area contributed by atoms with E-state index in [2.05, 4.69) is 17.4 Å². The normalized spacial score (nSPS) is 23.6. The van der Waals surface area contributed by atoms with Crippen LogP contribution >= 0.6 is 11.6 Å². The number of piperidine rings is 2. The summed E-state index contributed by atoms with van der Waals surface area (Å²) in [7, 11) is 0. The standard InChI is InChI=1S/C33H40ClN3O4/c34-28-9-5-4-8-26(28)30(38)35-29-13-12-23-10-11-24(22-27(23)29)31(39)37(25-6-2-1-3-7-25)20-16-33(17-21-37)14-18-36(19-15-33)32(40)41/h4-5,8-11,22,25,29H,1-3,6-7,12-21H2,(H-,35,38,40,41)/p+1. The van der Waals surface area contributed by atoms with E-state index in [4.69, 9.17) is 11.6 Å². The van der Waals surface area contributed by atoms with Crippen LogP contribution in [0.25, 0.3) is 0 Å². The largest absolute Gasteiger partial charge is 0.465 e. The molecule has 2 saturated heterocycles. The molecule has 1 saturated carbocycles. The molecule has 0 radical (unpaired) electrons. The molecule has 1 unspecified atom stereocenters. The fourth-order valence-electron chi connectivity index (χ4n) is 8.12. The van der Waals surface area contributed by atoms with E-state index in [-0.39, 0.29) is 23.3 Å². The zero-order valence-electron chi connectivity index (χ0n) is 23.7. The number of hydrogen-bond donors (Lipinski definition) is 2. The average molecular weight is 579 g/mol. The van der Waals surface area contributed by atoms with E-state index in [9.17, 15) is 19.5 Å². The van der Waals surface area contributed by atoms with Gasteiger partial charge >= 0.3 is 12.0 Å². The van der Waals surface area contributed by atoms with Gasteiger partial charge in [-0.1, -0.05) is 36.2 Å². The average Bonchev–Trinajstić information content (AvgIpc) is 3.40. The van der Waals surface area contributed by atoms with Crippen molar-refractivity contribution in [1.82, 2.24) is 10.2 Å². The Hall–Kier alpha value is -2.90. The first-order valence-corrected chi connectivity index (χ1v) is 15.8. The number of likely N-dealkylation sites (tertiary alicyclic amines) is 2. The number of fused-ring (bicyclic) bond motifs is 1. The maximum Gasteiger partial charge on any atom is 0.407 e. The van der Waals surface area contributed by atoms with Crippen LogP contribution in [-0.4, -0.2) is 64.6 Å². The molecular weight excluding hydrogens is 538 g/mol. The number of carbonyl (C=O) groups excluding carboxylic acids is 2. The Bertz CT molecular complexity index is 1320. The molecule has 4 aliphatic rings. The number of hydrogen-bond acceptors (Lipinski definition) is 3. The molecule has 6 rings (SSSR count). The molecule has 3 fully saturated rings. The van der Waals surface area contributed by atoms with Gasteiger partial charge in [-0.25, -0.2) is 9.59 Å². The van der Waals surface area contributed by atoms with Gasteiger partial charge in [-0.05, 0) is 92.2 Å². The molecule has 218 valence electrons. The number of aryl methyl sites for hydroxylation is 1. The van der Waals surface area contributed by atoms with Gasteiger partial charge in [0, 0.05) is 25.9 Å². The lowest BCUT2D eigenvalue weighted by Crippen LogP contribution is -2.65. The molecule has 2 N–H and O–H groups in total. The van der Waals surface area contributed by atoms with Crippen LogP contribution < -0.4 is 5.32 Å². The van der Waals surface area contributed by atoms with Crippen LogP contribution in [-0.2, 0) is 6.42 Å². The Kier molecular flexibility index (Phi) is 7.86. The second-order valence-corrected chi connectivity index (χ2v) is 13.2. The minimum atomic E-state index is -0.823. The van der Waals surface area contributed by atoms with Crippen LogP contribution in [0.3, 0.4) is 0 Å². The van der Waals surface area contributed by atoms with Gasteiger partial charge in [-0.3, -0.25) is 9.28 Å². The number of benzene rings is 2. The minimum Gasteiger partial charge on any atom is -0.465 e. The van der Waals surface area contributed by atoms with Crippen molar-refractivity contribution in [2.24, 2.45) is 5.41 Å². The second-order valence-electron chi connectivity index (χ2n) is 12.8. The van der Waals surface area contributed by atoms with Gasteiger partial charge in [-0.2, -0.15) is 0 Å². The number of carbonyl (C=O) groups is 3. The molecule has 1 spiro atoms. The van der Waals surface area contributed by atoms with Gasteiger partial charge in [-0.15, -0.1) is 0 Å². The topological polar surface area (TPSA) is 86.7 Å². The molecule has 0 bridgehead atoms. The molecule has 2 heterocycles. The van der Waals surface area contributed by atoms with Crippen LogP contribution in [0.2, 0.25) is 5.02 Å². The Morgan fingerprint density at radius 3 is 2.32 bits per heavy atom. The second kappa shape index (κ2) is 11.4. The highest BCUT2D eigenvalue weighted by atomic mass is 35.5. The molecular formula is C33H41ClN3O4+. The quantitative estimate of drug-likeness (QED) is 0.400. The Morgan fingerprint density at radius 1 is 0.927 bits per heavy atom. The third-order valence-corrected chi connectivity index (χ3v) is 11.1. The first-order chi connectivity index (χ1) is 19.8. The molecule has 2 aliphatic heterocycles. The number of amides is 3. The number of carboxylic acid groups (broad SMARTS) is 1. The summed E-state index contributed by atoms with van der Waals surface area (Å²) in [4.78, 5) is 40.7. The Balaban J connectivity index is 1.23. The van der Waals surface area contributed by atoms with Crippen molar-refractivity contribution < 1.29 is 24.0 Å². The van der Waals surface area contributed by atoms with E-state index >= 15 is 0 Å². The molecule has 8 heteroatoms. The molecule has 0 aromatic heterocycles. The SMILES string of the molecule is O=C(NC1CCc2ccc(C(=O)[N+]3(C4CCCCC4)CCC4(CCN(C(=O)O)CC4)CC3)cc21)c1ccccc1Cl. The highest BCUT2D eigenvalue weighted by Gasteiger charge is 2.52. The third kappa shape index (κ3) is 5.39. The summed E-state index contributed by atoms with van der Waals surface area (Å²) in [5, 5.41) is 13.0. The van der Waals surface area contributed by atoms with Crippen LogP contribution in [0.15, 0.2) is 42.5 Å². The number of halogens is 1. The predicted molar refractivity (Wildman–Crippen MR) is 158 cm³/mol. The van der Waals surface area contributed by atoms with Crippen LogP contribution in [0.5, 0.6) is 0 Å². The minimum absolute atomic E-state index is 0.145. The summed E-state index contributed by atoms with van der Waals surface area (Å²) in [6.45, 7) is 2.86. The summed E-state index contributed by atoms with van der Waals surface area (Å²) < 4.78 is 0.528. The van der Waals surface area contributed by atoms with Crippen molar-refractivity contribution in [3.8, 4) is 0 Å². The number of nitrogens with zero attached hydrogens (tertiary/aromatic N) is 2. The van der Waals surface area contributed by atoms with Crippen LogP contribution in [0, 0.1) is 5.41 Å². The van der Waals surface area contributed by atoms with Crippen LogP contribution in [0.4, 0.5) is 4.79 Å². The fourth-order valence-corrected chi connectivity index (χ4v) is 8.34. The van der Waals surface area contributed by atoms with Gasteiger partial charge in [0.05, 0.1) is 41.3 Å². The monoisotopic (exact) mass is 578 g/mol.